The van der Waals surface area contributed by atoms with E-state index in [0.717, 1.165) is 30.6 Å². The normalized spacial score (nSPS) is 30.2. The molecule has 1 aliphatic heterocycles. The highest BCUT2D eigenvalue weighted by Crippen LogP contribution is 2.44. The van der Waals surface area contributed by atoms with Gasteiger partial charge in [0.25, 0.3) is 0 Å². The predicted octanol–water partition coefficient (Wildman–Crippen LogP) is 4.37. The van der Waals surface area contributed by atoms with Gasteiger partial charge < -0.3 is 10.3 Å². The summed E-state index contributed by atoms with van der Waals surface area (Å²) in [5, 5.41) is 0. The van der Waals surface area contributed by atoms with Crippen molar-refractivity contribution in [1.29, 1.82) is 0 Å². The number of hydrogen-bond donors (Lipinski definition) is 1. The average molecular weight is 289 g/mol. The van der Waals surface area contributed by atoms with Gasteiger partial charge in [-0.05, 0) is 49.4 Å². The van der Waals surface area contributed by atoms with E-state index in [1.165, 1.54) is 43.6 Å². The Balaban J connectivity index is 1.74. The van der Waals surface area contributed by atoms with Crippen molar-refractivity contribution in [3.05, 3.63) is 11.5 Å². The van der Waals surface area contributed by atoms with E-state index in [9.17, 15) is 0 Å². The maximum Gasteiger partial charge on any atom is 0.127 e. The molecular formula is C18H31N3. The molecule has 0 amide bonds. The van der Waals surface area contributed by atoms with Gasteiger partial charge in [-0.3, -0.25) is 0 Å². The van der Waals surface area contributed by atoms with Crippen LogP contribution in [0.1, 0.15) is 77.2 Å². The Labute approximate surface area is 129 Å². The third kappa shape index (κ3) is 2.84. The lowest BCUT2D eigenvalue weighted by Gasteiger charge is -2.36. The zero-order chi connectivity index (χ0) is 15.2. The molecular weight excluding hydrogens is 258 g/mol. The molecule has 21 heavy (non-hydrogen) atoms. The summed E-state index contributed by atoms with van der Waals surface area (Å²) in [5.41, 5.74) is 8.08. The minimum atomic E-state index is 0.444. The second-order valence-electron chi connectivity index (χ2n) is 8.46. The Morgan fingerprint density at radius 2 is 1.76 bits per heavy atom. The van der Waals surface area contributed by atoms with Crippen molar-refractivity contribution in [3.8, 4) is 0 Å². The Hall–Kier alpha value is -0.990. The molecule has 3 heteroatoms. The molecule has 3 rings (SSSR count). The third-order valence-corrected chi connectivity index (χ3v) is 5.83. The summed E-state index contributed by atoms with van der Waals surface area (Å²) in [6.07, 6.45) is 7.51. The summed E-state index contributed by atoms with van der Waals surface area (Å²) in [4.78, 5) is 4.95. The first-order valence-electron chi connectivity index (χ1n) is 8.71. The van der Waals surface area contributed by atoms with E-state index >= 15 is 0 Å². The molecule has 2 N–H and O–H groups in total. The number of nitrogens with zero attached hydrogens (tertiary/aromatic N) is 2. The minimum absolute atomic E-state index is 0.444. The van der Waals surface area contributed by atoms with Gasteiger partial charge in [-0.25, -0.2) is 4.98 Å². The Morgan fingerprint density at radius 3 is 2.38 bits per heavy atom. The highest BCUT2D eigenvalue weighted by Gasteiger charge is 2.33. The SMILES string of the molecule is CC1CCn2c(nc(C3CCC(C(C)(C)C)CC3)c2N)C1. The minimum Gasteiger partial charge on any atom is -0.384 e. The van der Waals surface area contributed by atoms with Crippen LogP contribution in [0.25, 0.3) is 0 Å². The van der Waals surface area contributed by atoms with Crippen LogP contribution >= 0.6 is 0 Å². The van der Waals surface area contributed by atoms with E-state index in [0.29, 0.717) is 11.3 Å². The zero-order valence-corrected chi connectivity index (χ0v) is 14.2. The van der Waals surface area contributed by atoms with Crippen LogP contribution in [0, 0.1) is 17.3 Å². The number of hydrogen-bond acceptors (Lipinski definition) is 2. The fraction of sp³-hybridized carbons (Fsp3) is 0.833. The molecule has 1 aromatic heterocycles. The van der Waals surface area contributed by atoms with Crippen molar-refractivity contribution in [2.75, 3.05) is 5.73 Å². The molecule has 1 aromatic rings. The summed E-state index contributed by atoms with van der Waals surface area (Å²) in [7, 11) is 0. The van der Waals surface area contributed by atoms with E-state index in [1.54, 1.807) is 0 Å². The third-order valence-electron chi connectivity index (χ3n) is 5.83. The van der Waals surface area contributed by atoms with Gasteiger partial charge in [-0.2, -0.15) is 0 Å². The quantitative estimate of drug-likeness (QED) is 0.834. The van der Waals surface area contributed by atoms with E-state index in [2.05, 4.69) is 32.3 Å². The van der Waals surface area contributed by atoms with Crippen LogP contribution in [0.15, 0.2) is 0 Å². The number of imidazole rings is 1. The van der Waals surface area contributed by atoms with Crippen LogP contribution in [0.3, 0.4) is 0 Å². The van der Waals surface area contributed by atoms with Gasteiger partial charge in [-0.15, -0.1) is 0 Å². The lowest BCUT2D eigenvalue weighted by molar-refractivity contribution is 0.168. The lowest BCUT2D eigenvalue weighted by Crippen LogP contribution is -2.25. The largest absolute Gasteiger partial charge is 0.384 e. The van der Waals surface area contributed by atoms with Crippen LogP contribution in [-0.2, 0) is 13.0 Å². The van der Waals surface area contributed by atoms with E-state index in [1.807, 2.05) is 0 Å². The van der Waals surface area contributed by atoms with Crippen LogP contribution in [0.2, 0.25) is 0 Å². The maximum atomic E-state index is 6.42. The summed E-state index contributed by atoms with van der Waals surface area (Å²) < 4.78 is 2.28. The molecule has 0 radical (unpaired) electrons. The molecule has 0 spiro atoms. The van der Waals surface area contributed by atoms with Gasteiger partial charge in [0, 0.05) is 18.9 Å². The zero-order valence-electron chi connectivity index (χ0n) is 14.2. The predicted molar refractivity (Wildman–Crippen MR) is 88.3 cm³/mol. The first kappa shape index (κ1) is 14.9. The first-order chi connectivity index (χ1) is 9.86. The molecule has 1 unspecified atom stereocenters. The molecule has 2 heterocycles. The first-order valence-corrected chi connectivity index (χ1v) is 8.71. The van der Waals surface area contributed by atoms with Gasteiger partial charge in [0.05, 0.1) is 5.69 Å². The monoisotopic (exact) mass is 289 g/mol. The van der Waals surface area contributed by atoms with Crippen molar-refractivity contribution in [1.82, 2.24) is 9.55 Å². The molecule has 0 saturated heterocycles. The molecule has 2 aliphatic rings. The summed E-state index contributed by atoms with van der Waals surface area (Å²) in [6.45, 7) is 10.5. The van der Waals surface area contributed by atoms with Gasteiger partial charge in [0.15, 0.2) is 0 Å². The van der Waals surface area contributed by atoms with Crippen LogP contribution in [0.4, 0.5) is 5.82 Å². The van der Waals surface area contributed by atoms with Crippen molar-refractivity contribution in [3.63, 3.8) is 0 Å². The highest BCUT2D eigenvalue weighted by molar-refractivity contribution is 5.41. The number of fused-ring (bicyclic) bond motifs is 1. The van der Waals surface area contributed by atoms with Gasteiger partial charge in [0.1, 0.15) is 11.6 Å². The molecule has 0 bridgehead atoms. The maximum absolute atomic E-state index is 6.42. The Bertz CT molecular complexity index is 501. The fourth-order valence-corrected chi connectivity index (χ4v) is 4.24. The molecule has 118 valence electrons. The van der Waals surface area contributed by atoms with E-state index in [4.69, 9.17) is 10.7 Å². The van der Waals surface area contributed by atoms with E-state index in [-0.39, 0.29) is 0 Å². The molecule has 1 aliphatic carbocycles. The number of rotatable bonds is 1. The Morgan fingerprint density at radius 1 is 1.10 bits per heavy atom. The number of nitrogen functional groups attached to an aromatic ring is 1. The number of aromatic nitrogens is 2. The van der Waals surface area contributed by atoms with Crippen molar-refractivity contribution >= 4 is 5.82 Å². The van der Waals surface area contributed by atoms with Crippen LogP contribution in [0.5, 0.6) is 0 Å². The lowest BCUT2D eigenvalue weighted by atomic mass is 9.69. The van der Waals surface area contributed by atoms with E-state index < -0.39 is 0 Å². The molecule has 0 aromatic carbocycles. The van der Waals surface area contributed by atoms with Gasteiger partial charge in [0.2, 0.25) is 0 Å². The summed E-state index contributed by atoms with van der Waals surface area (Å²) >= 11 is 0. The summed E-state index contributed by atoms with van der Waals surface area (Å²) in [6, 6.07) is 0. The van der Waals surface area contributed by atoms with Gasteiger partial charge in [-0.1, -0.05) is 27.7 Å². The molecule has 1 fully saturated rings. The van der Waals surface area contributed by atoms with Gasteiger partial charge >= 0.3 is 0 Å². The van der Waals surface area contributed by atoms with Crippen LogP contribution < -0.4 is 5.73 Å². The number of nitrogens with two attached hydrogens (primary N) is 1. The molecule has 3 nitrogen and oxygen atoms in total. The Kier molecular flexibility index (Phi) is 3.79. The standard InChI is InChI=1S/C18H31N3/c1-12-9-10-21-15(11-12)20-16(17(21)19)13-5-7-14(8-6-13)18(2,3)4/h12-14H,5-11,19H2,1-4H3. The van der Waals surface area contributed by atoms with Crippen molar-refractivity contribution in [2.45, 2.75) is 78.7 Å². The number of anilines is 1. The van der Waals surface area contributed by atoms with Crippen molar-refractivity contribution < 1.29 is 0 Å². The van der Waals surface area contributed by atoms with Crippen molar-refractivity contribution in [2.24, 2.45) is 17.3 Å². The highest BCUT2D eigenvalue weighted by atomic mass is 15.1. The smallest absolute Gasteiger partial charge is 0.127 e. The molecule has 1 saturated carbocycles. The molecule has 1 atom stereocenters. The second-order valence-corrected chi connectivity index (χ2v) is 8.46. The second kappa shape index (κ2) is 5.33. The van der Waals surface area contributed by atoms with Crippen LogP contribution in [-0.4, -0.2) is 9.55 Å². The summed E-state index contributed by atoms with van der Waals surface area (Å²) in [5.74, 6) is 4.41. The average Bonchev–Trinajstić information content (AvgIpc) is 2.74. The fourth-order valence-electron chi connectivity index (χ4n) is 4.24. The topological polar surface area (TPSA) is 43.8 Å².